The molecule has 4 amide bonds. The number of para-hydroxylation sites is 1. The predicted octanol–water partition coefficient (Wildman–Crippen LogP) is 5.33. The smallest absolute Gasteiger partial charge is 0.301 e. The highest BCUT2D eigenvalue weighted by Gasteiger charge is 2.67. The van der Waals surface area contributed by atoms with Crippen LogP contribution in [-0.4, -0.2) is 52.7 Å². The van der Waals surface area contributed by atoms with Crippen molar-refractivity contribution in [3.05, 3.63) is 103 Å². The van der Waals surface area contributed by atoms with Crippen LogP contribution in [0.5, 0.6) is 5.75 Å². The molecule has 2 aliphatic heterocycles. The summed E-state index contributed by atoms with van der Waals surface area (Å²) in [5, 5.41) is 34.9. The number of carbonyl (C=O) groups excluding carboxylic acids is 4. The van der Waals surface area contributed by atoms with Crippen molar-refractivity contribution >= 4 is 52.1 Å². The number of aryl methyl sites for hydroxylation is 2. The fourth-order valence-electron chi connectivity index (χ4n) is 9.08. The van der Waals surface area contributed by atoms with Gasteiger partial charge in [0.25, 0.3) is 0 Å². The van der Waals surface area contributed by atoms with Crippen LogP contribution in [-0.2, 0) is 19.2 Å². The van der Waals surface area contributed by atoms with Gasteiger partial charge in [-0.25, -0.2) is 9.80 Å². The molecule has 3 fully saturated rings. The van der Waals surface area contributed by atoms with Gasteiger partial charge >= 0.3 is 11.4 Å². The number of imide groups is 2. The Bertz CT molecular complexity index is 2070. The average molecular weight is 694 g/mol. The van der Waals surface area contributed by atoms with E-state index in [0.717, 1.165) is 22.6 Å². The van der Waals surface area contributed by atoms with E-state index in [0.29, 0.717) is 22.4 Å². The first-order chi connectivity index (χ1) is 24.1. The number of anilines is 3. The van der Waals surface area contributed by atoms with Crippen LogP contribution in [0.3, 0.4) is 0 Å². The lowest BCUT2D eigenvalue weighted by Crippen LogP contribution is -2.49. The number of carbonyl (C=O) groups is 4. The second-order valence-corrected chi connectivity index (χ2v) is 14.3. The first kappa shape index (κ1) is 33.6. The minimum Gasteiger partial charge on any atom is -0.507 e. The van der Waals surface area contributed by atoms with E-state index < -0.39 is 79.9 Å². The maximum Gasteiger partial charge on any atom is 0.301 e. The molecule has 3 aromatic carbocycles. The minimum absolute atomic E-state index is 0.0800. The summed E-state index contributed by atoms with van der Waals surface area (Å²) in [5.41, 5.74) is -0.170. The van der Waals surface area contributed by atoms with Gasteiger partial charge in [0.15, 0.2) is 5.69 Å². The van der Waals surface area contributed by atoms with Crippen LogP contribution < -0.4 is 14.7 Å². The van der Waals surface area contributed by atoms with Crippen LogP contribution in [0.2, 0.25) is 0 Å². The summed E-state index contributed by atoms with van der Waals surface area (Å²) in [6.45, 7) is 5.25. The Hall–Kier alpha value is -5.92. The second kappa shape index (κ2) is 11.6. The number of amides is 4. The van der Waals surface area contributed by atoms with Gasteiger partial charge in [-0.2, -0.15) is 0 Å². The molecular formula is C37H35N5O9. The Labute approximate surface area is 292 Å². The molecule has 14 heteroatoms. The Kier molecular flexibility index (Phi) is 7.62. The molecular weight excluding hydrogens is 658 g/mol. The molecule has 14 nitrogen and oxygen atoms in total. The summed E-state index contributed by atoms with van der Waals surface area (Å²) in [7, 11) is 2.84. The van der Waals surface area contributed by atoms with E-state index in [1.165, 1.54) is 23.9 Å². The van der Waals surface area contributed by atoms with E-state index >= 15 is 0 Å². The van der Waals surface area contributed by atoms with Gasteiger partial charge in [-0.3, -0.25) is 39.4 Å². The number of benzene rings is 3. The van der Waals surface area contributed by atoms with Gasteiger partial charge in [-0.15, -0.1) is 0 Å². The van der Waals surface area contributed by atoms with Crippen molar-refractivity contribution in [3.63, 3.8) is 0 Å². The zero-order chi connectivity index (χ0) is 36.8. The van der Waals surface area contributed by atoms with E-state index in [1.54, 1.807) is 63.2 Å². The number of hydrogen-bond donors (Lipinski definition) is 1. The van der Waals surface area contributed by atoms with Crippen molar-refractivity contribution in [2.75, 3.05) is 28.8 Å². The van der Waals surface area contributed by atoms with Gasteiger partial charge in [0, 0.05) is 32.1 Å². The number of phenols is 1. The lowest BCUT2D eigenvalue weighted by molar-refractivity contribution is -0.392. The average Bonchev–Trinajstić information content (AvgIpc) is 3.45. The van der Waals surface area contributed by atoms with E-state index in [2.05, 4.69) is 0 Å². The third-order valence-electron chi connectivity index (χ3n) is 11.3. The van der Waals surface area contributed by atoms with Crippen molar-refractivity contribution < 1.29 is 34.1 Å². The molecule has 7 rings (SSSR count). The molecule has 0 aromatic heterocycles. The zero-order valence-electron chi connectivity index (χ0n) is 28.5. The quantitative estimate of drug-likeness (QED) is 0.153. The molecule has 6 atom stereocenters. The van der Waals surface area contributed by atoms with Crippen molar-refractivity contribution in [2.45, 2.75) is 39.5 Å². The molecule has 0 radical (unpaired) electrons. The molecule has 2 aliphatic carbocycles. The molecule has 1 N–H and O–H groups in total. The zero-order valence-corrected chi connectivity index (χ0v) is 28.5. The standard InChI is InChI=1S/C37H35N5O9/c1-18-13-20(14-19(2)32(18)43)30-23-11-12-24-29(25(23)17-26-34(45)40(36(47)37(26,30)3)21-9-7-6-8-10-21)35(46)39(33(24)44)22-15-27(41(48)49)31(38(4)5)28(16-22)42(50)51/h6-11,13-16,24-26,29-30,43H,12,17H2,1-5H3. The third-order valence-corrected chi connectivity index (χ3v) is 11.3. The highest BCUT2D eigenvalue weighted by atomic mass is 16.6. The third kappa shape index (κ3) is 4.68. The lowest BCUT2D eigenvalue weighted by Gasteiger charge is -2.49. The van der Waals surface area contributed by atoms with E-state index in [9.17, 15) is 44.5 Å². The van der Waals surface area contributed by atoms with E-state index in [-0.39, 0.29) is 30.0 Å². The second-order valence-electron chi connectivity index (χ2n) is 14.3. The highest BCUT2D eigenvalue weighted by Crippen LogP contribution is 2.64. The summed E-state index contributed by atoms with van der Waals surface area (Å²) in [6.07, 6.45) is 2.05. The maximum atomic E-state index is 14.6. The van der Waals surface area contributed by atoms with Crippen molar-refractivity contribution in [1.29, 1.82) is 0 Å². The Morgan fingerprint density at radius 1 is 0.824 bits per heavy atom. The number of nitro benzene ring substituents is 2. The first-order valence-electron chi connectivity index (χ1n) is 16.5. The summed E-state index contributed by atoms with van der Waals surface area (Å²) in [6, 6.07) is 14.2. The summed E-state index contributed by atoms with van der Waals surface area (Å²) in [4.78, 5) is 83.4. The molecule has 0 bridgehead atoms. The molecule has 3 aromatic rings. The molecule has 2 saturated heterocycles. The van der Waals surface area contributed by atoms with E-state index in [1.807, 2.05) is 6.08 Å². The van der Waals surface area contributed by atoms with Crippen molar-refractivity contribution in [2.24, 2.45) is 29.1 Å². The fraction of sp³-hybridized carbons (Fsp3) is 0.351. The van der Waals surface area contributed by atoms with Gasteiger partial charge in [-0.05, 0) is 68.4 Å². The maximum absolute atomic E-state index is 14.6. The minimum atomic E-state index is -1.29. The molecule has 2 heterocycles. The molecule has 4 aliphatic rings. The number of aromatic hydroxyl groups is 1. The van der Waals surface area contributed by atoms with Gasteiger partial charge in [0.2, 0.25) is 23.6 Å². The van der Waals surface area contributed by atoms with Gasteiger partial charge in [-0.1, -0.05) is 42.0 Å². The summed E-state index contributed by atoms with van der Waals surface area (Å²) >= 11 is 0. The molecule has 51 heavy (non-hydrogen) atoms. The fourth-order valence-corrected chi connectivity index (χ4v) is 9.08. The van der Waals surface area contributed by atoms with Crippen LogP contribution in [0.1, 0.15) is 42.4 Å². The van der Waals surface area contributed by atoms with Crippen LogP contribution in [0.4, 0.5) is 28.4 Å². The number of rotatable bonds is 6. The van der Waals surface area contributed by atoms with Gasteiger partial charge < -0.3 is 10.0 Å². The lowest BCUT2D eigenvalue weighted by atomic mass is 9.51. The Morgan fingerprint density at radius 3 is 1.96 bits per heavy atom. The number of phenolic OH excluding ortho intramolecular Hbond substituents is 1. The topological polar surface area (TPSA) is 185 Å². The number of allylic oxidation sites excluding steroid dienone is 2. The molecule has 0 spiro atoms. The Morgan fingerprint density at radius 2 is 1.41 bits per heavy atom. The largest absolute Gasteiger partial charge is 0.507 e. The monoisotopic (exact) mass is 693 g/mol. The number of hydrogen-bond acceptors (Lipinski definition) is 10. The first-order valence-corrected chi connectivity index (χ1v) is 16.5. The van der Waals surface area contributed by atoms with Crippen LogP contribution in [0.15, 0.2) is 66.2 Å². The number of nitro groups is 2. The Balaban J connectivity index is 1.38. The van der Waals surface area contributed by atoms with Crippen LogP contribution in [0.25, 0.3) is 0 Å². The molecule has 262 valence electrons. The van der Waals surface area contributed by atoms with Crippen molar-refractivity contribution in [3.8, 4) is 5.75 Å². The van der Waals surface area contributed by atoms with Crippen LogP contribution >= 0.6 is 0 Å². The number of nitrogens with zero attached hydrogens (tertiary/aromatic N) is 5. The highest BCUT2D eigenvalue weighted by molar-refractivity contribution is 6.25. The number of fused-ring (bicyclic) bond motifs is 4. The normalized spacial score (nSPS) is 26.8. The molecule has 1 saturated carbocycles. The van der Waals surface area contributed by atoms with Gasteiger partial charge in [0.05, 0.1) is 44.4 Å². The van der Waals surface area contributed by atoms with Gasteiger partial charge in [0.1, 0.15) is 5.75 Å². The summed E-state index contributed by atoms with van der Waals surface area (Å²) in [5.74, 6) is -6.22. The van der Waals surface area contributed by atoms with E-state index in [4.69, 9.17) is 0 Å². The predicted molar refractivity (Wildman–Crippen MR) is 185 cm³/mol. The van der Waals surface area contributed by atoms with Crippen LogP contribution in [0, 0.1) is 63.2 Å². The summed E-state index contributed by atoms with van der Waals surface area (Å²) < 4.78 is 0. The SMILES string of the molecule is Cc1cc(C2C3=CCC4C(=O)N(c5cc([N+](=O)[O-])c(N(C)C)c([N+](=O)[O-])c5)C(=O)C4C3CC3C(=O)N(c4ccccc4)C(=O)C32C)cc(C)c1O. The van der Waals surface area contributed by atoms with Crippen molar-refractivity contribution in [1.82, 2.24) is 0 Å². The molecule has 6 unspecified atom stereocenters.